The molecule has 0 bridgehead atoms. The number of carbonyl (C=O) groups is 3. The van der Waals surface area contributed by atoms with Crippen LogP contribution in [0.25, 0.3) is 11.0 Å². The molecule has 1 aliphatic rings. The minimum absolute atomic E-state index is 0.0105. The number of nitrogens with zero attached hydrogens (tertiary/aromatic N) is 2. The number of hydrogen-bond donors (Lipinski definition) is 3. The van der Waals surface area contributed by atoms with Gasteiger partial charge in [-0.3, -0.25) is 25.0 Å². The van der Waals surface area contributed by atoms with Crippen molar-refractivity contribution in [3.8, 4) is 5.75 Å². The Kier molecular flexibility index (Phi) is 9.29. The van der Waals surface area contributed by atoms with Crippen molar-refractivity contribution >= 4 is 29.2 Å². The first-order valence-electron chi connectivity index (χ1n) is 11.8. The van der Waals surface area contributed by atoms with E-state index in [4.69, 9.17) is 9.15 Å². The molecule has 1 aromatic carbocycles. The lowest BCUT2D eigenvalue weighted by atomic mass is 10.0. The quantitative estimate of drug-likeness (QED) is 0.187. The predicted octanol–water partition coefficient (Wildman–Crippen LogP) is 2.71. The molecule has 1 atom stereocenters. The second kappa shape index (κ2) is 12.4. The molecule has 1 unspecified atom stereocenters. The minimum Gasteiger partial charge on any atom is -0.493 e. The number of furan rings is 1. The van der Waals surface area contributed by atoms with E-state index in [0.29, 0.717) is 55.2 Å². The summed E-state index contributed by atoms with van der Waals surface area (Å²) in [6, 6.07) is 7.25. The second-order valence-electron chi connectivity index (χ2n) is 8.61. The maximum atomic E-state index is 12.9. The van der Waals surface area contributed by atoms with Gasteiger partial charge in [-0.1, -0.05) is 38.3 Å². The molecule has 3 N–H and O–H groups in total. The number of hydrogen-bond acceptors (Lipinski definition) is 7. The van der Waals surface area contributed by atoms with Crippen LogP contribution in [0.4, 0.5) is 0 Å². The molecule has 3 amide bonds. The van der Waals surface area contributed by atoms with Gasteiger partial charge in [-0.25, -0.2) is 10.5 Å². The Hall–Kier alpha value is -3.11. The zero-order valence-corrected chi connectivity index (χ0v) is 19.8. The number of carbonyl (C=O) groups excluding carboxylic acids is 3. The molecule has 3 rings (SSSR count). The van der Waals surface area contributed by atoms with E-state index in [1.165, 1.54) is 0 Å². The van der Waals surface area contributed by atoms with Crippen LogP contribution in [0.1, 0.15) is 56.0 Å². The molecular weight excluding hydrogens is 440 g/mol. The molecule has 0 spiro atoms. The molecule has 1 fully saturated rings. The monoisotopic (exact) mass is 474 g/mol. The number of piperidine rings is 1. The van der Waals surface area contributed by atoms with Crippen LogP contribution in [-0.2, 0) is 9.59 Å². The molecule has 2 heterocycles. The van der Waals surface area contributed by atoms with Crippen molar-refractivity contribution in [1.29, 1.82) is 0 Å². The normalized spacial score (nSPS) is 15.2. The Morgan fingerprint density at radius 1 is 1.32 bits per heavy atom. The lowest BCUT2D eigenvalue weighted by molar-refractivity contribution is -0.154. The van der Waals surface area contributed by atoms with E-state index < -0.39 is 5.92 Å². The largest absolute Gasteiger partial charge is 0.493 e. The fraction of sp³-hybridized carbons (Fsp3) is 0.542. The summed E-state index contributed by atoms with van der Waals surface area (Å²) in [6.45, 7) is 3.07. The lowest BCUT2D eigenvalue weighted by Crippen LogP contribution is -2.52. The highest BCUT2D eigenvalue weighted by atomic mass is 16.5. The Balaban J connectivity index is 1.49. The third-order valence-corrected chi connectivity index (χ3v) is 6.18. The molecule has 1 aliphatic heterocycles. The first-order valence-corrected chi connectivity index (χ1v) is 11.8. The average molecular weight is 475 g/mol. The smallest absolute Gasteiger partial charge is 0.289 e. The lowest BCUT2D eigenvalue weighted by Gasteiger charge is -2.32. The Morgan fingerprint density at radius 2 is 2.09 bits per heavy atom. The summed E-state index contributed by atoms with van der Waals surface area (Å²) in [4.78, 5) is 38.0. The van der Waals surface area contributed by atoms with Gasteiger partial charge in [0.15, 0.2) is 17.1 Å². The van der Waals surface area contributed by atoms with Gasteiger partial charge in [0.05, 0.1) is 19.6 Å². The van der Waals surface area contributed by atoms with Gasteiger partial charge in [0.1, 0.15) is 0 Å². The van der Waals surface area contributed by atoms with Crippen molar-refractivity contribution < 1.29 is 28.7 Å². The number of benzene rings is 1. The van der Waals surface area contributed by atoms with Gasteiger partial charge in [-0.05, 0) is 31.4 Å². The summed E-state index contributed by atoms with van der Waals surface area (Å²) in [7, 11) is 1.56. The van der Waals surface area contributed by atoms with E-state index in [1.54, 1.807) is 24.1 Å². The number of para-hydroxylation sites is 1. The highest BCUT2D eigenvalue weighted by Crippen LogP contribution is 2.29. The molecular formula is C24H34N4O6. The van der Waals surface area contributed by atoms with Crippen LogP contribution in [0.2, 0.25) is 0 Å². The number of rotatable bonds is 12. The molecule has 10 heteroatoms. The van der Waals surface area contributed by atoms with Gasteiger partial charge in [0, 0.05) is 24.5 Å². The maximum Gasteiger partial charge on any atom is 0.289 e. The third-order valence-electron chi connectivity index (χ3n) is 6.18. The number of ether oxygens (including phenoxy) is 1. The first kappa shape index (κ1) is 25.5. The average Bonchev–Trinajstić information content (AvgIpc) is 3.31. The molecule has 2 aromatic rings. The number of amides is 3. The Morgan fingerprint density at radius 3 is 2.76 bits per heavy atom. The molecule has 186 valence electrons. The van der Waals surface area contributed by atoms with Gasteiger partial charge >= 0.3 is 0 Å². The van der Waals surface area contributed by atoms with E-state index >= 15 is 0 Å². The first-order chi connectivity index (χ1) is 16.5. The van der Waals surface area contributed by atoms with Gasteiger partial charge in [0.25, 0.3) is 5.91 Å². The summed E-state index contributed by atoms with van der Waals surface area (Å²) in [5.41, 5.74) is 6.34. The summed E-state index contributed by atoms with van der Waals surface area (Å²) < 4.78 is 11.1. The van der Waals surface area contributed by atoms with Crippen molar-refractivity contribution in [3.05, 3.63) is 30.0 Å². The topological polar surface area (TPSA) is 124 Å². The molecule has 0 aliphatic carbocycles. The van der Waals surface area contributed by atoms with Gasteiger partial charge in [0.2, 0.25) is 12.3 Å². The van der Waals surface area contributed by atoms with E-state index in [1.807, 2.05) is 12.1 Å². The number of methoxy groups -OCH3 is 1. The maximum absolute atomic E-state index is 12.9. The predicted molar refractivity (Wildman–Crippen MR) is 125 cm³/mol. The number of unbranched alkanes of at least 4 members (excludes halogenated alkanes) is 2. The van der Waals surface area contributed by atoms with Crippen LogP contribution in [0.15, 0.2) is 28.7 Å². The van der Waals surface area contributed by atoms with Gasteiger partial charge in [-0.15, -0.1) is 0 Å². The highest BCUT2D eigenvalue weighted by Gasteiger charge is 2.27. The van der Waals surface area contributed by atoms with Crippen molar-refractivity contribution in [2.24, 2.45) is 5.92 Å². The third kappa shape index (κ3) is 6.48. The number of hydroxylamine groups is 2. The fourth-order valence-electron chi connectivity index (χ4n) is 4.18. The SMILES string of the molecule is CCCCCC(CN(O)C=O)C(=O)NNC1CCN(C(=O)c2cc3cccc(OC)c3o2)CC1. The van der Waals surface area contributed by atoms with Crippen LogP contribution in [0.3, 0.4) is 0 Å². The van der Waals surface area contributed by atoms with Crippen LogP contribution < -0.4 is 15.6 Å². The molecule has 0 radical (unpaired) electrons. The molecule has 34 heavy (non-hydrogen) atoms. The van der Waals surface area contributed by atoms with Crippen LogP contribution in [0, 0.1) is 5.92 Å². The van der Waals surface area contributed by atoms with Crippen molar-refractivity contribution in [3.63, 3.8) is 0 Å². The van der Waals surface area contributed by atoms with Gasteiger partial charge < -0.3 is 14.1 Å². The summed E-state index contributed by atoms with van der Waals surface area (Å²) >= 11 is 0. The molecule has 10 nitrogen and oxygen atoms in total. The number of hydrazine groups is 1. The van der Waals surface area contributed by atoms with Gasteiger partial charge in [-0.2, -0.15) is 0 Å². The van der Waals surface area contributed by atoms with E-state index in [-0.39, 0.29) is 30.2 Å². The van der Waals surface area contributed by atoms with E-state index in [0.717, 1.165) is 24.6 Å². The molecule has 1 saturated heterocycles. The van der Waals surface area contributed by atoms with Crippen LogP contribution in [-0.4, -0.2) is 66.2 Å². The van der Waals surface area contributed by atoms with Crippen LogP contribution in [0.5, 0.6) is 5.75 Å². The Bertz CT molecular complexity index is 970. The Labute approximate surface area is 199 Å². The van der Waals surface area contributed by atoms with E-state index in [9.17, 15) is 19.6 Å². The zero-order chi connectivity index (χ0) is 24.5. The number of fused-ring (bicyclic) bond motifs is 1. The highest BCUT2D eigenvalue weighted by molar-refractivity contribution is 5.97. The van der Waals surface area contributed by atoms with Crippen molar-refractivity contribution in [2.75, 3.05) is 26.7 Å². The minimum atomic E-state index is -0.499. The van der Waals surface area contributed by atoms with E-state index in [2.05, 4.69) is 17.8 Å². The summed E-state index contributed by atoms with van der Waals surface area (Å²) in [5, 5.41) is 10.8. The number of likely N-dealkylation sites (tertiary alicyclic amines) is 1. The summed E-state index contributed by atoms with van der Waals surface area (Å²) in [6.07, 6.45) is 5.05. The fourth-order valence-corrected chi connectivity index (χ4v) is 4.18. The standard InChI is InChI=1S/C24H34N4O6/c1-3-4-5-7-18(15-28(32)16-29)23(30)26-25-19-10-12-27(13-11-19)24(31)21-14-17-8-6-9-20(33-2)22(17)34-21/h6,8-9,14,16,18-19,25,32H,3-5,7,10-13,15H2,1-2H3,(H,26,30). The van der Waals surface area contributed by atoms with Crippen LogP contribution >= 0.6 is 0 Å². The number of nitrogens with one attached hydrogen (secondary N) is 2. The zero-order valence-electron chi connectivity index (χ0n) is 19.8. The molecule has 0 saturated carbocycles. The van der Waals surface area contributed by atoms with Crippen molar-refractivity contribution in [2.45, 2.75) is 51.5 Å². The van der Waals surface area contributed by atoms with Crippen molar-refractivity contribution in [1.82, 2.24) is 20.8 Å². The molecule has 1 aromatic heterocycles. The summed E-state index contributed by atoms with van der Waals surface area (Å²) in [5.74, 6) is -0.0696. The second-order valence-corrected chi connectivity index (χ2v) is 8.61.